The summed E-state index contributed by atoms with van der Waals surface area (Å²) in [6.45, 7) is -0.385. The van der Waals surface area contributed by atoms with Gasteiger partial charge in [0.2, 0.25) is 6.54 Å². The smallest absolute Gasteiger partial charge is 0.408 e. The Bertz CT molecular complexity index is 583. The number of furan rings is 1. The van der Waals surface area contributed by atoms with Crippen LogP contribution in [-0.4, -0.2) is 17.6 Å². The van der Waals surface area contributed by atoms with Crippen molar-refractivity contribution >= 4 is 6.09 Å². The van der Waals surface area contributed by atoms with Crippen LogP contribution in [0.5, 0.6) is 0 Å². The number of amides is 1. The third-order valence-corrected chi connectivity index (χ3v) is 2.72. The van der Waals surface area contributed by atoms with Crippen LogP contribution in [0.2, 0.25) is 0 Å². The van der Waals surface area contributed by atoms with Crippen molar-refractivity contribution in [2.45, 2.75) is 12.6 Å². The maximum absolute atomic E-state index is 11.7. The first-order valence-corrected chi connectivity index (χ1v) is 6.27. The van der Waals surface area contributed by atoms with Crippen molar-refractivity contribution in [3.05, 3.63) is 70.2 Å². The van der Waals surface area contributed by atoms with Gasteiger partial charge in [0.25, 0.3) is 0 Å². The van der Waals surface area contributed by atoms with Gasteiger partial charge in [-0.1, -0.05) is 30.3 Å². The van der Waals surface area contributed by atoms with E-state index in [0.29, 0.717) is 5.76 Å². The van der Waals surface area contributed by atoms with Gasteiger partial charge in [0, 0.05) is 4.92 Å². The van der Waals surface area contributed by atoms with Gasteiger partial charge in [-0.05, 0) is 17.7 Å². The summed E-state index contributed by atoms with van der Waals surface area (Å²) in [6.07, 6.45) is 0.654. The van der Waals surface area contributed by atoms with Crippen LogP contribution in [0.25, 0.3) is 0 Å². The lowest BCUT2D eigenvalue weighted by atomic mass is 10.2. The van der Waals surface area contributed by atoms with Crippen molar-refractivity contribution in [1.29, 1.82) is 0 Å². The standard InChI is InChI=1S/C14H14N2O5/c17-14(21-10-11-5-2-1-3-6-11)15-12(9-16(18)19)13-7-4-8-20-13/h1-8,12H,9-10H2,(H,15,17)/t12-/m0/s1. The Kier molecular flexibility index (Phi) is 4.92. The van der Waals surface area contributed by atoms with Crippen LogP contribution in [0.4, 0.5) is 4.79 Å². The number of carbonyl (C=O) groups is 1. The van der Waals surface area contributed by atoms with E-state index in [1.165, 1.54) is 6.26 Å². The summed E-state index contributed by atoms with van der Waals surface area (Å²) in [5, 5.41) is 13.1. The first kappa shape index (κ1) is 14.6. The van der Waals surface area contributed by atoms with Gasteiger partial charge in [0.1, 0.15) is 12.4 Å². The van der Waals surface area contributed by atoms with Gasteiger partial charge >= 0.3 is 6.09 Å². The van der Waals surface area contributed by atoms with Crippen molar-refractivity contribution in [2.24, 2.45) is 0 Å². The van der Waals surface area contributed by atoms with Gasteiger partial charge in [-0.25, -0.2) is 4.79 Å². The lowest BCUT2D eigenvalue weighted by Crippen LogP contribution is -2.33. The second-order valence-electron chi connectivity index (χ2n) is 4.29. The molecule has 0 saturated heterocycles. The molecule has 1 heterocycles. The average Bonchev–Trinajstić information content (AvgIpc) is 2.99. The largest absolute Gasteiger partial charge is 0.467 e. The molecule has 0 unspecified atom stereocenters. The first-order valence-electron chi connectivity index (χ1n) is 6.27. The maximum atomic E-state index is 11.7. The second-order valence-corrected chi connectivity index (χ2v) is 4.29. The lowest BCUT2D eigenvalue weighted by molar-refractivity contribution is -0.484. The predicted molar refractivity (Wildman–Crippen MR) is 73.1 cm³/mol. The molecule has 0 aliphatic carbocycles. The van der Waals surface area contributed by atoms with Crippen LogP contribution in [0, 0.1) is 10.1 Å². The first-order chi connectivity index (χ1) is 10.1. The summed E-state index contributed by atoms with van der Waals surface area (Å²) in [7, 11) is 0. The number of hydrogen-bond acceptors (Lipinski definition) is 5. The van der Waals surface area contributed by atoms with Gasteiger partial charge in [-0.3, -0.25) is 10.1 Å². The van der Waals surface area contributed by atoms with Crippen LogP contribution in [0.1, 0.15) is 17.4 Å². The van der Waals surface area contributed by atoms with E-state index in [2.05, 4.69) is 5.32 Å². The Balaban J connectivity index is 1.90. The Labute approximate surface area is 120 Å². The average molecular weight is 290 g/mol. The van der Waals surface area contributed by atoms with E-state index in [1.807, 2.05) is 30.3 Å². The van der Waals surface area contributed by atoms with Crippen LogP contribution in [-0.2, 0) is 11.3 Å². The molecule has 21 heavy (non-hydrogen) atoms. The Morgan fingerprint density at radius 2 is 2.05 bits per heavy atom. The monoisotopic (exact) mass is 290 g/mol. The number of hydrogen-bond donors (Lipinski definition) is 1. The summed E-state index contributed by atoms with van der Waals surface area (Å²) in [4.78, 5) is 21.8. The zero-order chi connectivity index (χ0) is 15.1. The minimum absolute atomic E-state index is 0.0933. The van der Waals surface area contributed by atoms with Crippen LogP contribution >= 0.6 is 0 Å². The Morgan fingerprint density at radius 1 is 1.29 bits per heavy atom. The number of nitrogens with one attached hydrogen (secondary N) is 1. The molecule has 0 aliphatic rings. The normalized spacial score (nSPS) is 11.6. The molecule has 1 amide bonds. The van der Waals surface area contributed by atoms with E-state index < -0.39 is 23.6 Å². The molecular weight excluding hydrogens is 276 g/mol. The van der Waals surface area contributed by atoms with Gasteiger partial charge in [-0.15, -0.1) is 0 Å². The van der Waals surface area contributed by atoms with Crippen molar-refractivity contribution in [1.82, 2.24) is 5.32 Å². The molecule has 2 aromatic rings. The Morgan fingerprint density at radius 3 is 2.67 bits per heavy atom. The molecule has 0 aliphatic heterocycles. The summed E-state index contributed by atoms with van der Waals surface area (Å²) < 4.78 is 10.1. The molecule has 0 spiro atoms. The molecule has 110 valence electrons. The minimum Gasteiger partial charge on any atom is -0.467 e. The fraction of sp³-hybridized carbons (Fsp3) is 0.214. The van der Waals surface area contributed by atoms with Gasteiger partial charge in [0.05, 0.1) is 6.26 Å². The third-order valence-electron chi connectivity index (χ3n) is 2.72. The molecule has 1 aromatic carbocycles. The topological polar surface area (TPSA) is 94.6 Å². The number of carbonyl (C=O) groups excluding carboxylic acids is 1. The number of nitrogens with zero attached hydrogens (tertiary/aromatic N) is 1. The molecule has 1 aromatic heterocycles. The third kappa shape index (κ3) is 4.64. The van der Waals surface area contributed by atoms with Crippen molar-refractivity contribution in [3.8, 4) is 0 Å². The van der Waals surface area contributed by atoms with E-state index in [9.17, 15) is 14.9 Å². The molecule has 0 saturated carbocycles. The summed E-state index contributed by atoms with van der Waals surface area (Å²) >= 11 is 0. The highest BCUT2D eigenvalue weighted by molar-refractivity contribution is 5.67. The molecule has 2 rings (SSSR count). The Hall–Kier alpha value is -2.83. The highest BCUT2D eigenvalue weighted by Crippen LogP contribution is 2.14. The van der Waals surface area contributed by atoms with Gasteiger partial charge in [-0.2, -0.15) is 0 Å². The summed E-state index contributed by atoms with van der Waals surface area (Å²) in [5.41, 5.74) is 0.830. The van der Waals surface area contributed by atoms with Crippen LogP contribution in [0.15, 0.2) is 53.1 Å². The van der Waals surface area contributed by atoms with Gasteiger partial charge in [0.15, 0.2) is 6.04 Å². The number of rotatable bonds is 6. The SMILES string of the molecule is O=C(N[C@@H](C[N+](=O)[O-])c1ccco1)OCc1ccccc1. The molecule has 1 N–H and O–H groups in total. The summed E-state index contributed by atoms with van der Waals surface area (Å²) in [6, 6.07) is 11.4. The molecule has 7 nitrogen and oxygen atoms in total. The molecule has 0 radical (unpaired) electrons. The van der Waals surface area contributed by atoms with Gasteiger partial charge < -0.3 is 14.5 Å². The number of benzene rings is 1. The van der Waals surface area contributed by atoms with Crippen LogP contribution < -0.4 is 5.32 Å². The molecule has 0 fully saturated rings. The molecular formula is C14H14N2O5. The number of alkyl carbamates (subject to hydrolysis) is 1. The molecule has 1 atom stereocenters. The van der Waals surface area contributed by atoms with Crippen molar-refractivity contribution in [3.63, 3.8) is 0 Å². The van der Waals surface area contributed by atoms with Crippen molar-refractivity contribution in [2.75, 3.05) is 6.54 Å². The van der Waals surface area contributed by atoms with E-state index in [4.69, 9.17) is 9.15 Å². The van der Waals surface area contributed by atoms with E-state index in [-0.39, 0.29) is 6.61 Å². The second kappa shape index (κ2) is 7.09. The molecule has 7 heteroatoms. The minimum atomic E-state index is -0.863. The molecule has 0 bridgehead atoms. The summed E-state index contributed by atoms with van der Waals surface area (Å²) in [5.74, 6) is 0.309. The quantitative estimate of drug-likeness (QED) is 0.651. The number of ether oxygens (including phenoxy) is 1. The highest BCUT2D eigenvalue weighted by atomic mass is 16.6. The number of nitro groups is 1. The zero-order valence-corrected chi connectivity index (χ0v) is 11.1. The highest BCUT2D eigenvalue weighted by Gasteiger charge is 2.23. The van der Waals surface area contributed by atoms with Crippen LogP contribution in [0.3, 0.4) is 0 Å². The predicted octanol–water partition coefficient (Wildman–Crippen LogP) is 2.52. The lowest BCUT2D eigenvalue weighted by Gasteiger charge is -2.13. The van der Waals surface area contributed by atoms with Crippen molar-refractivity contribution < 1.29 is 18.9 Å². The van der Waals surface area contributed by atoms with E-state index in [1.54, 1.807) is 12.1 Å². The fourth-order valence-corrected chi connectivity index (χ4v) is 1.75. The van der Waals surface area contributed by atoms with E-state index >= 15 is 0 Å². The zero-order valence-electron chi connectivity index (χ0n) is 11.1. The fourth-order valence-electron chi connectivity index (χ4n) is 1.75. The van der Waals surface area contributed by atoms with E-state index in [0.717, 1.165) is 5.56 Å². The maximum Gasteiger partial charge on any atom is 0.408 e.